The van der Waals surface area contributed by atoms with Crippen molar-refractivity contribution in [2.45, 2.75) is 13.5 Å². The summed E-state index contributed by atoms with van der Waals surface area (Å²) in [6.07, 6.45) is 4.95. The Morgan fingerprint density at radius 2 is 2.03 bits per heavy atom. The molecule has 0 aliphatic carbocycles. The third-order valence-electron chi connectivity index (χ3n) is 4.45. The number of imidazole rings is 1. The van der Waals surface area contributed by atoms with E-state index < -0.39 is 10.9 Å². The Balaban J connectivity index is 2.05. The molecule has 0 spiro atoms. The van der Waals surface area contributed by atoms with Crippen molar-refractivity contribution in [1.29, 1.82) is 0 Å². The Hall–Kier alpha value is -3.94. The van der Waals surface area contributed by atoms with Crippen LogP contribution in [0, 0.1) is 10.1 Å². The van der Waals surface area contributed by atoms with Crippen LogP contribution < -0.4 is 5.32 Å². The number of carbonyl (C=O) groups is 1. The molecule has 0 aliphatic heterocycles. The molecule has 0 radical (unpaired) electrons. The lowest BCUT2D eigenvalue weighted by Gasteiger charge is -2.11. The van der Waals surface area contributed by atoms with Gasteiger partial charge in [0.2, 0.25) is 0 Å². The maximum absolute atomic E-state index is 12.7. The van der Waals surface area contributed by atoms with Crippen LogP contribution in [0.1, 0.15) is 23.9 Å². The second-order valence-electron chi connectivity index (χ2n) is 6.43. The number of ether oxygens (including phenoxy) is 1. The summed E-state index contributed by atoms with van der Waals surface area (Å²) in [6.45, 7) is 2.44. The summed E-state index contributed by atoms with van der Waals surface area (Å²) in [4.78, 5) is 28.0. The van der Waals surface area contributed by atoms with Crippen LogP contribution in [0.15, 0.2) is 60.9 Å². The maximum Gasteiger partial charge on any atom is 0.341 e. The maximum atomic E-state index is 12.7. The first-order valence-corrected chi connectivity index (χ1v) is 9.44. The zero-order valence-electron chi connectivity index (χ0n) is 16.7. The first-order valence-electron chi connectivity index (χ1n) is 9.44. The van der Waals surface area contributed by atoms with E-state index in [1.807, 2.05) is 34.9 Å². The molecule has 0 fully saturated rings. The minimum Gasteiger partial charge on any atom is -0.462 e. The number of nitrogens with one attached hydrogen (secondary N) is 1. The van der Waals surface area contributed by atoms with Crippen molar-refractivity contribution in [1.82, 2.24) is 9.55 Å². The normalized spacial score (nSPS) is 11.2. The Morgan fingerprint density at radius 1 is 1.27 bits per heavy atom. The van der Waals surface area contributed by atoms with E-state index in [9.17, 15) is 14.9 Å². The molecule has 0 amide bonds. The highest BCUT2D eigenvalue weighted by atomic mass is 16.6. The van der Waals surface area contributed by atoms with E-state index >= 15 is 0 Å². The van der Waals surface area contributed by atoms with Gasteiger partial charge in [-0.25, -0.2) is 9.78 Å². The first-order chi connectivity index (χ1) is 14.5. The monoisotopic (exact) mass is 406 g/mol. The average Bonchev–Trinajstić information content (AvgIpc) is 3.20. The Bertz CT molecular complexity index is 1070. The number of hydrogen-bond donors (Lipinski definition) is 1. The highest BCUT2D eigenvalue weighted by Gasteiger charge is 2.20. The SMILES string of the molecule is CCOC(=O)/C(=C\c1ccc(NC)c([N+](=O)[O-])c1)c1nccn1Cc1ccccc1. The van der Waals surface area contributed by atoms with Crippen molar-refractivity contribution in [3.05, 3.63) is 88.0 Å². The predicted molar refractivity (Wildman–Crippen MR) is 115 cm³/mol. The number of nitrogens with zero attached hydrogens (tertiary/aromatic N) is 3. The molecule has 8 heteroatoms. The van der Waals surface area contributed by atoms with E-state index in [-0.39, 0.29) is 17.9 Å². The largest absolute Gasteiger partial charge is 0.462 e. The van der Waals surface area contributed by atoms with Crippen LogP contribution in [0.2, 0.25) is 0 Å². The first kappa shape index (κ1) is 20.8. The lowest BCUT2D eigenvalue weighted by atomic mass is 10.1. The lowest BCUT2D eigenvalue weighted by Crippen LogP contribution is -2.12. The number of carbonyl (C=O) groups excluding carboxylic acids is 1. The molecule has 30 heavy (non-hydrogen) atoms. The number of anilines is 1. The molecule has 0 aliphatic rings. The number of aromatic nitrogens is 2. The van der Waals surface area contributed by atoms with Crippen LogP contribution in [0.5, 0.6) is 0 Å². The van der Waals surface area contributed by atoms with Gasteiger partial charge < -0.3 is 14.6 Å². The number of nitro benzene ring substituents is 1. The third-order valence-corrected chi connectivity index (χ3v) is 4.45. The van der Waals surface area contributed by atoms with E-state index in [0.29, 0.717) is 23.6 Å². The van der Waals surface area contributed by atoms with Crippen molar-refractivity contribution >= 4 is 29.0 Å². The van der Waals surface area contributed by atoms with Crippen molar-refractivity contribution in [3.8, 4) is 0 Å². The molecule has 2 aromatic carbocycles. The summed E-state index contributed by atoms with van der Waals surface area (Å²) < 4.78 is 7.06. The molecule has 3 aromatic rings. The van der Waals surface area contributed by atoms with Crippen LogP contribution in [0.4, 0.5) is 11.4 Å². The van der Waals surface area contributed by atoms with Crippen LogP contribution >= 0.6 is 0 Å². The topological polar surface area (TPSA) is 99.3 Å². The van der Waals surface area contributed by atoms with E-state index in [2.05, 4.69) is 10.3 Å². The number of rotatable bonds is 8. The molecule has 0 bridgehead atoms. The van der Waals surface area contributed by atoms with Crippen LogP contribution in [0.25, 0.3) is 11.6 Å². The smallest absolute Gasteiger partial charge is 0.341 e. The van der Waals surface area contributed by atoms with Gasteiger partial charge in [-0.3, -0.25) is 10.1 Å². The lowest BCUT2D eigenvalue weighted by molar-refractivity contribution is -0.384. The predicted octanol–water partition coefficient (Wildman–Crippen LogP) is 3.99. The second kappa shape index (κ2) is 9.51. The van der Waals surface area contributed by atoms with Crippen molar-refractivity contribution in [2.75, 3.05) is 19.0 Å². The Labute approximate surface area is 174 Å². The minimum atomic E-state index is -0.543. The van der Waals surface area contributed by atoms with Crippen molar-refractivity contribution in [2.24, 2.45) is 0 Å². The second-order valence-corrected chi connectivity index (χ2v) is 6.43. The van der Waals surface area contributed by atoms with Gasteiger partial charge in [-0.2, -0.15) is 0 Å². The molecule has 154 valence electrons. The van der Waals surface area contributed by atoms with Gasteiger partial charge in [0.05, 0.1) is 11.5 Å². The molecule has 0 atom stereocenters. The van der Waals surface area contributed by atoms with Crippen molar-refractivity contribution < 1.29 is 14.5 Å². The average molecular weight is 406 g/mol. The summed E-state index contributed by atoms with van der Waals surface area (Å²) in [6, 6.07) is 14.5. The molecule has 0 saturated heterocycles. The zero-order chi connectivity index (χ0) is 21.5. The molecule has 0 saturated carbocycles. The Kier molecular flexibility index (Phi) is 6.59. The van der Waals surface area contributed by atoms with Crippen LogP contribution in [0.3, 0.4) is 0 Å². The van der Waals surface area contributed by atoms with E-state index in [1.165, 1.54) is 6.07 Å². The van der Waals surface area contributed by atoms with E-state index in [1.54, 1.807) is 44.6 Å². The van der Waals surface area contributed by atoms with E-state index in [0.717, 1.165) is 5.56 Å². The number of benzene rings is 2. The van der Waals surface area contributed by atoms with Gasteiger partial charge in [-0.05, 0) is 30.2 Å². The molecular weight excluding hydrogens is 384 g/mol. The summed E-state index contributed by atoms with van der Waals surface area (Å²) in [5, 5.41) is 14.2. The van der Waals surface area contributed by atoms with Gasteiger partial charge in [0.15, 0.2) is 0 Å². The molecule has 1 N–H and O–H groups in total. The molecule has 1 heterocycles. The highest BCUT2D eigenvalue weighted by Crippen LogP contribution is 2.28. The van der Waals surface area contributed by atoms with Crippen LogP contribution in [-0.2, 0) is 16.1 Å². The molecular formula is C22H22N4O4. The fraction of sp³-hybridized carbons (Fsp3) is 0.182. The summed E-state index contributed by atoms with van der Waals surface area (Å²) in [7, 11) is 1.61. The molecule has 3 rings (SSSR count). The zero-order valence-corrected chi connectivity index (χ0v) is 16.7. The van der Waals surface area contributed by atoms with Gasteiger partial charge in [0, 0.05) is 32.1 Å². The summed E-state index contributed by atoms with van der Waals surface area (Å²) in [5.74, 6) is -0.115. The number of nitro groups is 1. The van der Waals surface area contributed by atoms with Crippen LogP contribution in [-0.4, -0.2) is 34.1 Å². The van der Waals surface area contributed by atoms with Gasteiger partial charge in [-0.15, -0.1) is 0 Å². The minimum absolute atomic E-state index is 0.0814. The fourth-order valence-corrected chi connectivity index (χ4v) is 3.05. The quantitative estimate of drug-likeness (QED) is 0.263. The Morgan fingerprint density at radius 3 is 2.70 bits per heavy atom. The highest BCUT2D eigenvalue weighted by molar-refractivity contribution is 6.20. The van der Waals surface area contributed by atoms with Gasteiger partial charge in [0.1, 0.15) is 17.1 Å². The summed E-state index contributed by atoms with van der Waals surface area (Å²) in [5.41, 5.74) is 2.08. The van der Waals surface area contributed by atoms with Gasteiger partial charge >= 0.3 is 5.97 Å². The third kappa shape index (κ3) is 4.72. The van der Waals surface area contributed by atoms with Crippen molar-refractivity contribution in [3.63, 3.8) is 0 Å². The molecule has 0 unspecified atom stereocenters. The van der Waals surface area contributed by atoms with Gasteiger partial charge in [0.25, 0.3) is 5.69 Å². The van der Waals surface area contributed by atoms with Gasteiger partial charge in [-0.1, -0.05) is 36.4 Å². The standard InChI is InChI=1S/C22H22N4O4/c1-3-30-22(27)18(13-17-9-10-19(23-2)20(14-17)26(28)29)21-24-11-12-25(21)15-16-7-5-4-6-8-16/h4-14,23H,3,15H2,1-2H3/b18-13-. The fourth-order valence-electron chi connectivity index (χ4n) is 3.05. The molecule has 1 aromatic heterocycles. The number of esters is 1. The molecule has 8 nitrogen and oxygen atoms in total. The van der Waals surface area contributed by atoms with E-state index in [4.69, 9.17) is 4.74 Å². The number of hydrogen-bond acceptors (Lipinski definition) is 6. The summed E-state index contributed by atoms with van der Waals surface area (Å²) >= 11 is 0.